The van der Waals surface area contributed by atoms with Crippen molar-refractivity contribution in [3.63, 3.8) is 0 Å². The Morgan fingerprint density at radius 2 is 1.37 bits per heavy atom. The zero-order valence-corrected chi connectivity index (χ0v) is 27.6. The average Bonchev–Trinajstić information content (AvgIpc) is 3.54. The highest BCUT2D eigenvalue weighted by Crippen LogP contribution is 2.52. The molecule has 226 valence electrons. The normalized spacial score (nSPS) is 17.2. The molecule has 9 rings (SSSR count). The van der Waals surface area contributed by atoms with Crippen LogP contribution in [0.25, 0.3) is 60.6 Å². The minimum Gasteiger partial charge on any atom is -0.309 e. The van der Waals surface area contributed by atoms with Crippen molar-refractivity contribution >= 4 is 32.6 Å². The monoisotopic (exact) mass is 597 g/mol. The molecule has 2 nitrogen and oxygen atoms in total. The molecule has 0 saturated carbocycles. The Morgan fingerprint density at radius 3 is 2.17 bits per heavy atom. The first-order valence-electron chi connectivity index (χ1n) is 17.2. The summed E-state index contributed by atoms with van der Waals surface area (Å²) in [5, 5.41) is 5.27. The van der Waals surface area contributed by atoms with Gasteiger partial charge in [0.15, 0.2) is 11.7 Å². The van der Waals surface area contributed by atoms with Crippen molar-refractivity contribution < 1.29 is 4.57 Å². The number of hydrogen-bond acceptors (Lipinski definition) is 0. The second-order valence-corrected chi connectivity index (χ2v) is 14.1. The summed E-state index contributed by atoms with van der Waals surface area (Å²) in [4.78, 5) is 0. The molecule has 1 aliphatic heterocycles. The van der Waals surface area contributed by atoms with Crippen LogP contribution in [0.3, 0.4) is 0 Å². The van der Waals surface area contributed by atoms with Crippen molar-refractivity contribution in [1.82, 2.24) is 4.57 Å². The molecule has 0 saturated heterocycles. The Labute approximate surface area is 271 Å². The smallest absolute Gasteiger partial charge is 0.221 e. The molecule has 3 heterocycles. The van der Waals surface area contributed by atoms with Crippen LogP contribution in [-0.2, 0) is 11.0 Å². The number of para-hydroxylation sites is 1. The average molecular weight is 598 g/mol. The van der Waals surface area contributed by atoms with Gasteiger partial charge in [0.1, 0.15) is 0 Å². The maximum absolute atomic E-state index is 2.66. The largest absolute Gasteiger partial charge is 0.309 e. The summed E-state index contributed by atoms with van der Waals surface area (Å²) >= 11 is 0. The maximum atomic E-state index is 2.66. The maximum Gasteiger partial charge on any atom is 0.221 e. The molecule has 1 aliphatic carbocycles. The molecule has 0 bridgehead atoms. The number of nitrogens with zero attached hydrogens (tertiary/aromatic N) is 2. The fraction of sp³-hybridized carbons (Fsp3) is 0.250. The van der Waals surface area contributed by atoms with Crippen LogP contribution in [0, 0.1) is 0 Å². The Kier molecular flexibility index (Phi) is 5.80. The summed E-state index contributed by atoms with van der Waals surface area (Å²) < 4.78 is 5.19. The first-order chi connectivity index (χ1) is 22.4. The standard InChI is InChI=1S/C44H41N2/c1-6-37-32-22-21-29(25-36(32)42-30-16-10-9-15-28(30)23-24-45(42)44(37,7-2)8-3)46-40-20-14-12-18-33(40)35-26-34-31-17-11-13-19-38(31)43(4,5)39(34)27-41(35)46/h9-27,37H,6-8H2,1-5H3/q+1. The van der Waals surface area contributed by atoms with Crippen LogP contribution < -0.4 is 4.57 Å². The number of benzene rings is 5. The lowest BCUT2D eigenvalue weighted by Gasteiger charge is -2.40. The SMILES string of the molecule is CCC1c2ccc(-n3c4ccccc4c4cc5c(cc43)C(C)(C)c3ccccc3-5)cc2-c2c3ccccc3cc[n+]2C1(CC)CC. The van der Waals surface area contributed by atoms with E-state index < -0.39 is 0 Å². The van der Waals surface area contributed by atoms with E-state index in [9.17, 15) is 0 Å². The third-order valence-electron chi connectivity index (χ3n) is 11.9. The molecular weight excluding hydrogens is 556 g/mol. The lowest BCUT2D eigenvalue weighted by atomic mass is 9.69. The van der Waals surface area contributed by atoms with Crippen molar-refractivity contribution in [2.45, 2.75) is 70.8 Å². The van der Waals surface area contributed by atoms with Crippen LogP contribution in [0.5, 0.6) is 0 Å². The van der Waals surface area contributed by atoms with E-state index in [0.717, 1.165) is 19.3 Å². The highest BCUT2D eigenvalue weighted by Gasteiger charge is 2.51. The van der Waals surface area contributed by atoms with Gasteiger partial charge >= 0.3 is 0 Å². The lowest BCUT2D eigenvalue weighted by molar-refractivity contribution is -0.761. The van der Waals surface area contributed by atoms with Gasteiger partial charge in [0.25, 0.3) is 0 Å². The zero-order chi connectivity index (χ0) is 31.4. The highest BCUT2D eigenvalue weighted by atomic mass is 15.1. The molecule has 0 radical (unpaired) electrons. The Bertz CT molecular complexity index is 2360. The van der Waals surface area contributed by atoms with Crippen LogP contribution in [0.4, 0.5) is 0 Å². The highest BCUT2D eigenvalue weighted by molar-refractivity contribution is 6.11. The van der Waals surface area contributed by atoms with Gasteiger partial charge in [-0.1, -0.05) is 101 Å². The molecule has 2 aliphatic rings. The number of hydrogen-bond donors (Lipinski definition) is 0. The first kappa shape index (κ1) is 27.6. The Morgan fingerprint density at radius 1 is 0.630 bits per heavy atom. The van der Waals surface area contributed by atoms with Gasteiger partial charge in [0.05, 0.1) is 22.0 Å². The third-order valence-corrected chi connectivity index (χ3v) is 11.9. The molecule has 0 amide bonds. The minimum absolute atomic E-state index is 0.0519. The predicted molar refractivity (Wildman–Crippen MR) is 193 cm³/mol. The van der Waals surface area contributed by atoms with E-state index >= 15 is 0 Å². The van der Waals surface area contributed by atoms with Crippen molar-refractivity contribution in [2.24, 2.45) is 0 Å². The van der Waals surface area contributed by atoms with Gasteiger partial charge in [-0.2, -0.15) is 4.57 Å². The van der Waals surface area contributed by atoms with E-state index in [1.54, 1.807) is 0 Å². The van der Waals surface area contributed by atoms with Gasteiger partial charge < -0.3 is 4.57 Å². The molecule has 1 atom stereocenters. The number of rotatable bonds is 4. The van der Waals surface area contributed by atoms with E-state index in [1.165, 1.54) is 77.3 Å². The van der Waals surface area contributed by atoms with Gasteiger partial charge in [0.2, 0.25) is 5.69 Å². The Balaban J connectivity index is 1.36. The second-order valence-electron chi connectivity index (χ2n) is 14.1. The fourth-order valence-corrected chi connectivity index (χ4v) is 9.64. The van der Waals surface area contributed by atoms with Crippen molar-refractivity contribution in [1.29, 1.82) is 0 Å². The molecular formula is C44H41N2+. The molecule has 2 aromatic heterocycles. The zero-order valence-electron chi connectivity index (χ0n) is 27.6. The molecule has 1 unspecified atom stereocenters. The first-order valence-corrected chi connectivity index (χ1v) is 17.2. The fourth-order valence-electron chi connectivity index (χ4n) is 9.64. The van der Waals surface area contributed by atoms with Gasteiger partial charge in [-0.05, 0) is 76.0 Å². The van der Waals surface area contributed by atoms with Crippen LogP contribution in [0.15, 0.2) is 115 Å². The van der Waals surface area contributed by atoms with E-state index in [-0.39, 0.29) is 11.0 Å². The molecule has 7 aromatic rings. The number of aromatic nitrogens is 2. The van der Waals surface area contributed by atoms with Crippen LogP contribution in [-0.4, -0.2) is 4.57 Å². The van der Waals surface area contributed by atoms with E-state index in [1.807, 2.05) is 0 Å². The molecule has 46 heavy (non-hydrogen) atoms. The predicted octanol–water partition coefficient (Wildman–Crippen LogP) is 11.2. The summed E-state index contributed by atoms with van der Waals surface area (Å²) in [6.45, 7) is 11.9. The number of fused-ring (bicyclic) bond motifs is 11. The lowest BCUT2D eigenvalue weighted by Crippen LogP contribution is -2.62. The van der Waals surface area contributed by atoms with Crippen molar-refractivity contribution in [2.75, 3.05) is 0 Å². The molecule has 2 heteroatoms. The van der Waals surface area contributed by atoms with E-state index in [4.69, 9.17) is 0 Å². The number of pyridine rings is 1. The van der Waals surface area contributed by atoms with E-state index in [2.05, 4.69) is 159 Å². The molecule has 5 aromatic carbocycles. The van der Waals surface area contributed by atoms with Gasteiger partial charge in [-0.25, -0.2) is 0 Å². The van der Waals surface area contributed by atoms with Gasteiger partial charge in [-0.3, -0.25) is 0 Å². The minimum atomic E-state index is -0.0519. The summed E-state index contributed by atoms with van der Waals surface area (Å²) in [5.74, 6) is 0.450. The van der Waals surface area contributed by atoms with Crippen molar-refractivity contribution in [3.8, 4) is 28.1 Å². The van der Waals surface area contributed by atoms with Crippen molar-refractivity contribution in [3.05, 3.63) is 132 Å². The van der Waals surface area contributed by atoms with E-state index in [0.29, 0.717) is 5.92 Å². The van der Waals surface area contributed by atoms with Crippen LogP contribution >= 0.6 is 0 Å². The van der Waals surface area contributed by atoms with Crippen LogP contribution in [0.1, 0.15) is 76.5 Å². The summed E-state index contributed by atoms with van der Waals surface area (Å²) in [5.41, 5.74) is 13.6. The summed E-state index contributed by atoms with van der Waals surface area (Å²) in [6.07, 6.45) is 5.71. The summed E-state index contributed by atoms with van der Waals surface area (Å²) in [7, 11) is 0. The second kappa shape index (κ2) is 9.66. The molecule has 0 spiro atoms. The van der Waals surface area contributed by atoms with Crippen LogP contribution in [0.2, 0.25) is 0 Å². The van der Waals surface area contributed by atoms with Gasteiger partial charge in [-0.15, -0.1) is 0 Å². The molecule has 0 fully saturated rings. The van der Waals surface area contributed by atoms with Gasteiger partial charge in [0, 0.05) is 46.7 Å². The topological polar surface area (TPSA) is 8.81 Å². The third kappa shape index (κ3) is 3.40. The Hall–Kier alpha value is -4.69. The molecule has 0 N–H and O–H groups in total. The summed E-state index contributed by atoms with van der Waals surface area (Å²) in [6, 6.07) is 41.6. The quantitative estimate of drug-likeness (QED) is 0.179.